The SMILES string of the molecule is CCOC(=O)c1sc(Br)cc1N[C@H]1CC[C@@H](O[Si](C)(C)C(C)(C)C)CC1. The van der Waals surface area contributed by atoms with Gasteiger partial charge in [-0.1, -0.05) is 20.8 Å². The van der Waals surface area contributed by atoms with Crippen molar-refractivity contribution >= 4 is 47.2 Å². The number of esters is 1. The third-order valence-corrected chi connectivity index (χ3v) is 11.6. The highest BCUT2D eigenvalue weighted by molar-refractivity contribution is 9.11. The molecule has 4 nitrogen and oxygen atoms in total. The van der Waals surface area contributed by atoms with Gasteiger partial charge in [-0.05, 0) is 72.7 Å². The molecule has 0 atom stereocenters. The number of nitrogens with one attached hydrogen (secondary N) is 1. The Morgan fingerprint density at radius 2 is 1.92 bits per heavy atom. The van der Waals surface area contributed by atoms with Crippen molar-refractivity contribution in [2.45, 2.75) is 83.7 Å². The van der Waals surface area contributed by atoms with Gasteiger partial charge in [0.05, 0.1) is 16.1 Å². The highest BCUT2D eigenvalue weighted by Gasteiger charge is 2.39. The molecular weight excluding hydrogens is 430 g/mol. The van der Waals surface area contributed by atoms with Gasteiger partial charge in [0, 0.05) is 12.1 Å². The van der Waals surface area contributed by atoms with Crippen molar-refractivity contribution in [2.75, 3.05) is 11.9 Å². The van der Waals surface area contributed by atoms with Crippen molar-refractivity contribution in [1.82, 2.24) is 0 Å². The molecule has 1 aliphatic rings. The summed E-state index contributed by atoms with van der Waals surface area (Å²) in [6.07, 6.45) is 4.64. The van der Waals surface area contributed by atoms with Crippen molar-refractivity contribution < 1.29 is 14.0 Å². The van der Waals surface area contributed by atoms with Crippen LogP contribution in [-0.2, 0) is 9.16 Å². The van der Waals surface area contributed by atoms with E-state index in [1.807, 2.05) is 13.0 Å². The standard InChI is InChI=1S/C19H32BrNO3SSi/c1-7-23-18(22)17-15(12-16(20)25-17)21-13-8-10-14(11-9-13)24-26(5,6)19(2,3)4/h12-14,21H,7-11H2,1-6H3/t13-,14+. The second-order valence-corrected chi connectivity index (χ2v) is 15.7. The molecule has 1 saturated carbocycles. The first-order chi connectivity index (χ1) is 12.0. The van der Waals surface area contributed by atoms with Gasteiger partial charge in [-0.3, -0.25) is 0 Å². The summed E-state index contributed by atoms with van der Waals surface area (Å²) in [4.78, 5) is 12.8. The molecule has 1 aromatic rings. The molecule has 0 unspecified atom stereocenters. The van der Waals surface area contributed by atoms with Crippen LogP contribution in [-0.4, -0.2) is 33.0 Å². The van der Waals surface area contributed by atoms with Crippen LogP contribution >= 0.6 is 27.3 Å². The van der Waals surface area contributed by atoms with Crippen LogP contribution in [0.15, 0.2) is 9.85 Å². The Kier molecular flexibility index (Phi) is 7.38. The summed E-state index contributed by atoms with van der Waals surface area (Å²) in [5, 5.41) is 3.81. The molecule has 7 heteroatoms. The number of ether oxygens (including phenoxy) is 1. The first-order valence-electron chi connectivity index (χ1n) is 9.44. The van der Waals surface area contributed by atoms with E-state index in [9.17, 15) is 4.79 Å². The van der Waals surface area contributed by atoms with E-state index in [1.54, 1.807) is 0 Å². The largest absolute Gasteiger partial charge is 0.462 e. The summed E-state index contributed by atoms with van der Waals surface area (Å²) in [6, 6.07) is 2.36. The number of carbonyl (C=O) groups excluding carboxylic acids is 1. The van der Waals surface area contributed by atoms with E-state index in [4.69, 9.17) is 9.16 Å². The zero-order valence-corrected chi connectivity index (χ0v) is 20.2. The number of halogens is 1. The molecule has 1 fully saturated rings. The Hall–Kier alpha value is -0.373. The second kappa shape index (κ2) is 8.75. The van der Waals surface area contributed by atoms with Gasteiger partial charge >= 0.3 is 5.97 Å². The zero-order valence-electron chi connectivity index (χ0n) is 16.8. The first kappa shape index (κ1) is 21.9. The van der Waals surface area contributed by atoms with Gasteiger partial charge < -0.3 is 14.5 Å². The maximum absolute atomic E-state index is 12.1. The number of thiophene rings is 1. The first-order valence-corrected chi connectivity index (χ1v) is 14.0. The molecule has 0 amide bonds. The van der Waals surface area contributed by atoms with E-state index >= 15 is 0 Å². The zero-order chi connectivity index (χ0) is 19.5. The van der Waals surface area contributed by atoms with Gasteiger partial charge in [-0.15, -0.1) is 11.3 Å². The highest BCUT2D eigenvalue weighted by atomic mass is 79.9. The van der Waals surface area contributed by atoms with Crippen LogP contribution in [0.4, 0.5) is 5.69 Å². The predicted molar refractivity (Wildman–Crippen MR) is 116 cm³/mol. The van der Waals surface area contributed by atoms with Crippen LogP contribution in [0, 0.1) is 0 Å². The van der Waals surface area contributed by atoms with Crippen molar-refractivity contribution in [1.29, 1.82) is 0 Å². The molecule has 26 heavy (non-hydrogen) atoms. The lowest BCUT2D eigenvalue weighted by Gasteiger charge is -2.41. The number of hydrogen-bond acceptors (Lipinski definition) is 5. The summed E-state index contributed by atoms with van der Waals surface area (Å²) < 4.78 is 12.7. The van der Waals surface area contributed by atoms with Gasteiger partial charge in [0.1, 0.15) is 4.88 Å². The smallest absolute Gasteiger partial charge is 0.350 e. The Bertz CT molecular complexity index is 619. The Labute approximate surface area is 171 Å². The highest BCUT2D eigenvalue weighted by Crippen LogP contribution is 2.40. The van der Waals surface area contributed by atoms with Gasteiger partial charge in [0.15, 0.2) is 8.32 Å². The molecule has 1 aromatic heterocycles. The van der Waals surface area contributed by atoms with E-state index < -0.39 is 8.32 Å². The van der Waals surface area contributed by atoms with Crippen molar-refractivity contribution in [2.24, 2.45) is 0 Å². The summed E-state index contributed by atoms with van der Waals surface area (Å²) >= 11 is 4.91. The van der Waals surface area contributed by atoms with Crippen molar-refractivity contribution in [3.05, 3.63) is 14.7 Å². The summed E-state index contributed by atoms with van der Waals surface area (Å²) in [7, 11) is -1.70. The number of hydrogen-bond donors (Lipinski definition) is 1. The molecule has 0 spiro atoms. The number of anilines is 1. The lowest BCUT2D eigenvalue weighted by Crippen LogP contribution is -2.45. The fourth-order valence-corrected chi connectivity index (χ4v) is 5.83. The van der Waals surface area contributed by atoms with E-state index in [1.165, 1.54) is 11.3 Å². The van der Waals surface area contributed by atoms with E-state index in [2.05, 4.69) is 55.1 Å². The molecule has 1 aliphatic carbocycles. The molecule has 0 saturated heterocycles. The fraction of sp³-hybridized carbons (Fsp3) is 0.737. The van der Waals surface area contributed by atoms with Crippen LogP contribution in [0.1, 0.15) is 63.0 Å². The average Bonchev–Trinajstić information content (AvgIpc) is 2.89. The molecule has 0 aromatic carbocycles. The summed E-state index contributed by atoms with van der Waals surface area (Å²) in [6.45, 7) is 13.7. The maximum atomic E-state index is 12.1. The van der Waals surface area contributed by atoms with Crippen LogP contribution in [0.25, 0.3) is 0 Å². The predicted octanol–water partition coefficient (Wildman–Crippen LogP) is 6.43. The Balaban J connectivity index is 1.93. The molecular formula is C19H32BrNO3SSi. The molecule has 0 bridgehead atoms. The molecule has 1 N–H and O–H groups in total. The van der Waals surface area contributed by atoms with E-state index in [0.717, 1.165) is 35.2 Å². The van der Waals surface area contributed by atoms with Crippen LogP contribution in [0.3, 0.4) is 0 Å². The Morgan fingerprint density at radius 1 is 1.31 bits per heavy atom. The minimum Gasteiger partial charge on any atom is -0.462 e. The third kappa shape index (κ3) is 5.56. The molecule has 0 radical (unpaired) electrons. The lowest BCUT2D eigenvalue weighted by molar-refractivity contribution is 0.0533. The summed E-state index contributed by atoms with van der Waals surface area (Å²) in [5.74, 6) is -0.249. The van der Waals surface area contributed by atoms with Crippen LogP contribution in [0.2, 0.25) is 18.1 Å². The topological polar surface area (TPSA) is 47.6 Å². The maximum Gasteiger partial charge on any atom is 0.350 e. The van der Waals surface area contributed by atoms with Gasteiger partial charge in [-0.25, -0.2) is 4.79 Å². The normalized spacial score (nSPS) is 21.5. The minimum atomic E-state index is -1.70. The van der Waals surface area contributed by atoms with Crippen LogP contribution in [0.5, 0.6) is 0 Å². The van der Waals surface area contributed by atoms with E-state index in [-0.39, 0.29) is 11.0 Å². The van der Waals surface area contributed by atoms with Gasteiger partial charge in [0.2, 0.25) is 0 Å². The minimum absolute atomic E-state index is 0.249. The number of carbonyl (C=O) groups is 1. The lowest BCUT2D eigenvalue weighted by atomic mass is 9.93. The van der Waals surface area contributed by atoms with Crippen molar-refractivity contribution in [3.8, 4) is 0 Å². The Morgan fingerprint density at radius 3 is 2.46 bits per heavy atom. The molecule has 1 heterocycles. The monoisotopic (exact) mass is 461 g/mol. The molecule has 148 valence electrons. The van der Waals surface area contributed by atoms with Gasteiger partial charge in [0.25, 0.3) is 0 Å². The van der Waals surface area contributed by atoms with Crippen molar-refractivity contribution in [3.63, 3.8) is 0 Å². The number of rotatable bonds is 6. The third-order valence-electron chi connectivity index (χ3n) is 5.46. The quantitative estimate of drug-likeness (QED) is 0.391. The van der Waals surface area contributed by atoms with E-state index in [0.29, 0.717) is 23.6 Å². The molecule has 2 rings (SSSR count). The second-order valence-electron chi connectivity index (χ2n) is 8.51. The van der Waals surface area contributed by atoms with Gasteiger partial charge in [-0.2, -0.15) is 0 Å². The fourth-order valence-electron chi connectivity index (χ4n) is 2.95. The summed E-state index contributed by atoms with van der Waals surface area (Å²) in [5.41, 5.74) is 0.883. The molecule has 0 aliphatic heterocycles. The van der Waals surface area contributed by atoms with Crippen LogP contribution < -0.4 is 5.32 Å². The average molecular weight is 463 g/mol.